The zero-order valence-corrected chi connectivity index (χ0v) is 19.7. The molecule has 0 atom stereocenters. The van der Waals surface area contributed by atoms with Crippen LogP contribution in [0.15, 0.2) is 71.0 Å². The van der Waals surface area contributed by atoms with Crippen molar-refractivity contribution in [2.75, 3.05) is 18.1 Å². The molecule has 0 fully saturated rings. The van der Waals surface area contributed by atoms with Crippen molar-refractivity contribution in [3.63, 3.8) is 0 Å². The summed E-state index contributed by atoms with van der Waals surface area (Å²) in [6.07, 6.45) is 8.85. The van der Waals surface area contributed by atoms with Crippen molar-refractivity contribution in [1.29, 1.82) is 0 Å². The second-order valence-corrected chi connectivity index (χ2v) is 9.31. The number of allylic oxidation sites excluding steroid dienone is 1. The number of hydrogen-bond acceptors (Lipinski definition) is 4. The minimum absolute atomic E-state index is 0.0000432. The van der Waals surface area contributed by atoms with Crippen LogP contribution in [0.3, 0.4) is 0 Å². The Morgan fingerprint density at radius 3 is 2.53 bits per heavy atom. The molecule has 1 aliphatic heterocycles. The number of anilines is 2. The molecule has 34 heavy (non-hydrogen) atoms. The fourth-order valence-electron chi connectivity index (χ4n) is 4.92. The van der Waals surface area contributed by atoms with E-state index in [1.165, 1.54) is 43.4 Å². The van der Waals surface area contributed by atoms with Gasteiger partial charge in [-0.05, 0) is 68.9 Å². The van der Waals surface area contributed by atoms with Gasteiger partial charge >= 0.3 is 0 Å². The first-order valence-electron chi connectivity index (χ1n) is 12.2. The maximum atomic E-state index is 13.7. The second kappa shape index (κ2) is 9.94. The highest BCUT2D eigenvalue weighted by atomic mass is 19.1. The summed E-state index contributed by atoms with van der Waals surface area (Å²) < 4.78 is 15.4. The van der Waals surface area contributed by atoms with Gasteiger partial charge < -0.3 is 0 Å². The van der Waals surface area contributed by atoms with Crippen molar-refractivity contribution in [2.24, 2.45) is 0 Å². The molecular weight excluding hydrogens is 427 g/mol. The molecule has 0 bridgehead atoms. The van der Waals surface area contributed by atoms with Crippen LogP contribution >= 0.6 is 0 Å². The maximum Gasteiger partial charge on any atom is 0.259 e. The van der Waals surface area contributed by atoms with Gasteiger partial charge in [0.05, 0.1) is 19.0 Å². The Balaban J connectivity index is 1.50. The van der Waals surface area contributed by atoms with Gasteiger partial charge in [0.2, 0.25) is 5.95 Å². The summed E-state index contributed by atoms with van der Waals surface area (Å²) in [4.78, 5) is 22.9. The third-order valence-electron chi connectivity index (χ3n) is 6.87. The average Bonchev–Trinajstić information content (AvgIpc) is 2.87. The maximum absolute atomic E-state index is 13.7. The Morgan fingerprint density at radius 1 is 1.00 bits per heavy atom. The molecule has 0 unspecified atom stereocenters. The molecule has 0 saturated heterocycles. The number of aryl methyl sites for hydroxylation is 1. The third kappa shape index (κ3) is 4.82. The summed E-state index contributed by atoms with van der Waals surface area (Å²) in [6, 6.07) is 16.5. The van der Waals surface area contributed by atoms with E-state index in [9.17, 15) is 9.18 Å². The smallest absolute Gasteiger partial charge is 0.259 e. The van der Waals surface area contributed by atoms with Crippen LogP contribution in [-0.2, 0) is 13.1 Å². The molecule has 0 radical (unpaired) electrons. The van der Waals surface area contributed by atoms with Gasteiger partial charge in [0.1, 0.15) is 5.82 Å². The Morgan fingerprint density at radius 2 is 1.79 bits per heavy atom. The number of rotatable bonds is 6. The predicted octanol–water partition coefficient (Wildman–Crippen LogP) is 5.54. The van der Waals surface area contributed by atoms with Gasteiger partial charge in [-0.3, -0.25) is 19.2 Å². The average molecular weight is 459 g/mol. The Bertz CT molecular complexity index is 1230. The van der Waals surface area contributed by atoms with Crippen molar-refractivity contribution in [1.82, 2.24) is 14.5 Å². The van der Waals surface area contributed by atoms with Crippen LogP contribution in [-0.4, -0.2) is 27.7 Å². The third-order valence-corrected chi connectivity index (χ3v) is 6.87. The molecule has 6 heteroatoms. The minimum atomic E-state index is -0.276. The molecule has 0 saturated carbocycles. The largest absolute Gasteiger partial charge is 0.298 e. The van der Waals surface area contributed by atoms with Crippen LogP contribution in [0.5, 0.6) is 0 Å². The molecule has 5 rings (SSSR count). The van der Waals surface area contributed by atoms with E-state index < -0.39 is 0 Å². The normalized spacial score (nSPS) is 16.3. The molecule has 1 aromatic heterocycles. The summed E-state index contributed by atoms with van der Waals surface area (Å²) in [7, 11) is 0. The van der Waals surface area contributed by atoms with Crippen LogP contribution in [0, 0.1) is 12.7 Å². The number of benzene rings is 2. The quantitative estimate of drug-likeness (QED) is 0.455. The molecule has 176 valence electrons. The predicted molar refractivity (Wildman–Crippen MR) is 134 cm³/mol. The van der Waals surface area contributed by atoms with Gasteiger partial charge in [-0.2, -0.15) is 0 Å². The molecule has 2 aliphatic rings. The SMILES string of the molecule is Cc1nc2n(c(=O)c1Cc1ccccc1)CN(CCC1=CCCCC1)CN2c1ccc(F)cc1. The lowest BCUT2D eigenvalue weighted by Crippen LogP contribution is -2.48. The van der Waals surface area contributed by atoms with Gasteiger partial charge in [0.15, 0.2) is 0 Å². The zero-order valence-electron chi connectivity index (χ0n) is 19.7. The van der Waals surface area contributed by atoms with E-state index in [0.29, 0.717) is 25.7 Å². The van der Waals surface area contributed by atoms with E-state index in [1.807, 2.05) is 42.2 Å². The first-order chi connectivity index (χ1) is 16.6. The number of nitrogens with zero attached hydrogens (tertiary/aromatic N) is 4. The first kappa shape index (κ1) is 22.5. The lowest BCUT2D eigenvalue weighted by atomic mass is 9.97. The number of aromatic nitrogens is 2. The van der Waals surface area contributed by atoms with Crippen molar-refractivity contribution in [2.45, 2.75) is 52.1 Å². The molecule has 0 spiro atoms. The first-order valence-corrected chi connectivity index (χ1v) is 12.2. The Kier molecular flexibility index (Phi) is 6.59. The molecule has 1 aliphatic carbocycles. The molecule has 3 aromatic rings. The minimum Gasteiger partial charge on any atom is -0.298 e. The van der Waals surface area contributed by atoms with Crippen LogP contribution in [0.2, 0.25) is 0 Å². The number of fused-ring (bicyclic) bond motifs is 1. The summed E-state index contributed by atoms with van der Waals surface area (Å²) in [5.74, 6) is 0.348. The van der Waals surface area contributed by atoms with Gasteiger partial charge in [0, 0.05) is 24.2 Å². The van der Waals surface area contributed by atoms with E-state index in [2.05, 4.69) is 11.0 Å². The summed E-state index contributed by atoms with van der Waals surface area (Å²) in [5, 5.41) is 0. The van der Waals surface area contributed by atoms with E-state index >= 15 is 0 Å². The van der Waals surface area contributed by atoms with Crippen molar-refractivity contribution >= 4 is 11.6 Å². The highest BCUT2D eigenvalue weighted by molar-refractivity contribution is 5.58. The van der Waals surface area contributed by atoms with Gasteiger partial charge in [0.25, 0.3) is 5.56 Å². The highest BCUT2D eigenvalue weighted by Gasteiger charge is 2.28. The summed E-state index contributed by atoms with van der Waals surface area (Å²) in [6.45, 7) is 3.90. The van der Waals surface area contributed by atoms with E-state index in [1.54, 1.807) is 16.7 Å². The standard InChI is InChI=1S/C28H31FN4O/c1-21-26(18-23-10-6-3-7-11-23)27(34)33-20-31(17-16-22-8-4-2-5-9-22)19-32(28(33)30-21)25-14-12-24(29)13-15-25/h3,6-8,10-15H,2,4-5,9,16-20H2,1H3. The van der Waals surface area contributed by atoms with Crippen LogP contribution in [0.1, 0.15) is 48.9 Å². The molecular formula is C28H31FN4O. The molecule has 0 amide bonds. The Labute approximate surface area is 200 Å². The van der Waals surface area contributed by atoms with Crippen LogP contribution in [0.4, 0.5) is 16.0 Å². The number of hydrogen-bond donors (Lipinski definition) is 0. The zero-order chi connectivity index (χ0) is 23.5. The van der Waals surface area contributed by atoms with Crippen LogP contribution < -0.4 is 10.5 Å². The summed E-state index contributed by atoms with van der Waals surface area (Å²) >= 11 is 0. The van der Waals surface area contributed by atoms with E-state index in [0.717, 1.165) is 35.5 Å². The van der Waals surface area contributed by atoms with E-state index in [4.69, 9.17) is 4.98 Å². The Hall–Kier alpha value is -3.25. The monoisotopic (exact) mass is 458 g/mol. The van der Waals surface area contributed by atoms with Gasteiger partial charge in [-0.25, -0.2) is 9.37 Å². The van der Waals surface area contributed by atoms with Gasteiger partial charge in [-0.15, -0.1) is 0 Å². The number of halogens is 1. The van der Waals surface area contributed by atoms with Crippen molar-refractivity contribution in [3.8, 4) is 0 Å². The molecule has 2 aromatic carbocycles. The molecule has 5 nitrogen and oxygen atoms in total. The van der Waals surface area contributed by atoms with Crippen LogP contribution in [0.25, 0.3) is 0 Å². The lowest BCUT2D eigenvalue weighted by Gasteiger charge is -2.38. The molecule has 0 N–H and O–H groups in total. The van der Waals surface area contributed by atoms with Gasteiger partial charge in [-0.1, -0.05) is 42.0 Å². The summed E-state index contributed by atoms with van der Waals surface area (Å²) in [5.41, 5.74) is 4.92. The fraction of sp³-hybridized carbons (Fsp3) is 0.357. The highest BCUT2D eigenvalue weighted by Crippen LogP contribution is 2.29. The molecule has 2 heterocycles. The fourth-order valence-corrected chi connectivity index (χ4v) is 4.92. The lowest BCUT2D eigenvalue weighted by molar-refractivity contribution is 0.199. The van der Waals surface area contributed by atoms with E-state index in [-0.39, 0.29) is 11.4 Å². The van der Waals surface area contributed by atoms with Crippen molar-refractivity contribution in [3.05, 3.63) is 99.2 Å². The van der Waals surface area contributed by atoms with Crippen molar-refractivity contribution < 1.29 is 4.39 Å². The topological polar surface area (TPSA) is 41.4 Å². The second-order valence-electron chi connectivity index (χ2n) is 9.31.